The van der Waals surface area contributed by atoms with Gasteiger partial charge in [0.05, 0.1) is 19.0 Å². The standard InChI is InChI=1S/C19H21N5O4/c1-11-13(8-25)28-19(15(11)27-2)24-10-22-14-16(20-9-21-17(14)24)23-18(26)12-6-4-3-5-7-12/h3-7,9-11,13,15,19,25H,8H2,1-2H3,(H,20,21,23,26)/t11-,13-,15-,19-/m1/s1. The summed E-state index contributed by atoms with van der Waals surface area (Å²) < 4.78 is 13.3. The first-order valence-corrected chi connectivity index (χ1v) is 8.97. The van der Waals surface area contributed by atoms with Gasteiger partial charge in [-0.05, 0) is 12.1 Å². The van der Waals surface area contributed by atoms with Crippen LogP contribution >= 0.6 is 0 Å². The van der Waals surface area contributed by atoms with Gasteiger partial charge in [-0.1, -0.05) is 25.1 Å². The van der Waals surface area contributed by atoms with Gasteiger partial charge in [0.2, 0.25) is 0 Å². The van der Waals surface area contributed by atoms with E-state index in [0.717, 1.165) is 0 Å². The molecule has 4 rings (SSSR count). The quantitative estimate of drug-likeness (QED) is 0.688. The average molecular weight is 383 g/mol. The number of fused-ring (bicyclic) bond motifs is 1. The highest BCUT2D eigenvalue weighted by molar-refractivity contribution is 6.06. The summed E-state index contributed by atoms with van der Waals surface area (Å²) in [6.45, 7) is 1.87. The smallest absolute Gasteiger partial charge is 0.256 e. The van der Waals surface area contributed by atoms with Crippen LogP contribution in [0.2, 0.25) is 0 Å². The Morgan fingerprint density at radius 1 is 1.29 bits per heavy atom. The molecule has 1 saturated heterocycles. The van der Waals surface area contributed by atoms with Gasteiger partial charge in [-0.3, -0.25) is 9.36 Å². The van der Waals surface area contributed by atoms with E-state index in [1.165, 1.54) is 6.33 Å². The number of aliphatic hydroxyl groups is 1. The lowest BCUT2D eigenvalue weighted by Crippen LogP contribution is -2.27. The predicted molar refractivity (Wildman–Crippen MR) is 101 cm³/mol. The van der Waals surface area contributed by atoms with Crippen molar-refractivity contribution in [3.8, 4) is 0 Å². The number of hydrogen-bond acceptors (Lipinski definition) is 7. The molecule has 0 saturated carbocycles. The Labute approximate surface area is 161 Å². The second kappa shape index (κ2) is 7.63. The predicted octanol–water partition coefficient (Wildman–Crippen LogP) is 1.62. The maximum Gasteiger partial charge on any atom is 0.256 e. The van der Waals surface area contributed by atoms with Crippen molar-refractivity contribution in [1.82, 2.24) is 19.5 Å². The number of amides is 1. The van der Waals surface area contributed by atoms with Gasteiger partial charge in [-0.15, -0.1) is 0 Å². The van der Waals surface area contributed by atoms with Crippen molar-refractivity contribution >= 4 is 22.9 Å². The molecule has 9 heteroatoms. The van der Waals surface area contributed by atoms with Gasteiger partial charge < -0.3 is 19.9 Å². The van der Waals surface area contributed by atoms with Crippen molar-refractivity contribution in [2.45, 2.75) is 25.4 Å². The van der Waals surface area contributed by atoms with Crippen LogP contribution < -0.4 is 5.32 Å². The Morgan fingerprint density at radius 2 is 2.07 bits per heavy atom. The topological polar surface area (TPSA) is 111 Å². The van der Waals surface area contributed by atoms with Crippen molar-refractivity contribution in [3.63, 3.8) is 0 Å². The van der Waals surface area contributed by atoms with Crippen molar-refractivity contribution in [1.29, 1.82) is 0 Å². The van der Waals surface area contributed by atoms with Crippen LogP contribution in [0.5, 0.6) is 0 Å². The Hall–Kier alpha value is -2.88. The number of nitrogens with zero attached hydrogens (tertiary/aromatic N) is 4. The van der Waals surface area contributed by atoms with E-state index < -0.39 is 6.23 Å². The normalized spacial score (nSPS) is 24.5. The maximum absolute atomic E-state index is 12.5. The molecule has 1 amide bonds. The van der Waals surface area contributed by atoms with Crippen molar-refractivity contribution < 1.29 is 19.4 Å². The molecule has 2 aromatic heterocycles. The number of aromatic nitrogens is 4. The minimum atomic E-state index is -0.491. The number of aliphatic hydroxyl groups excluding tert-OH is 1. The summed E-state index contributed by atoms with van der Waals surface area (Å²) in [5.74, 6) is 0.0314. The summed E-state index contributed by atoms with van der Waals surface area (Å²) in [6, 6.07) is 8.87. The number of benzene rings is 1. The molecule has 3 heterocycles. The van der Waals surface area contributed by atoms with E-state index in [2.05, 4.69) is 20.3 Å². The van der Waals surface area contributed by atoms with Crippen LogP contribution in [0.15, 0.2) is 43.0 Å². The van der Waals surface area contributed by atoms with Crippen LogP contribution in [-0.2, 0) is 9.47 Å². The number of imidazole rings is 1. The minimum Gasteiger partial charge on any atom is -0.394 e. The highest BCUT2D eigenvalue weighted by Gasteiger charge is 2.43. The van der Waals surface area contributed by atoms with Gasteiger partial charge in [0.25, 0.3) is 5.91 Å². The van der Waals surface area contributed by atoms with E-state index >= 15 is 0 Å². The zero-order valence-corrected chi connectivity index (χ0v) is 15.5. The fourth-order valence-corrected chi connectivity index (χ4v) is 3.51. The van der Waals surface area contributed by atoms with Crippen molar-refractivity contribution in [2.24, 2.45) is 5.92 Å². The number of nitrogens with one attached hydrogen (secondary N) is 1. The van der Waals surface area contributed by atoms with Gasteiger partial charge in [0, 0.05) is 18.6 Å². The molecular weight excluding hydrogens is 362 g/mol. The average Bonchev–Trinajstić information content (AvgIpc) is 3.29. The third-order valence-corrected chi connectivity index (χ3v) is 5.05. The lowest BCUT2D eigenvalue weighted by atomic mass is 10.0. The number of rotatable bonds is 5. The lowest BCUT2D eigenvalue weighted by molar-refractivity contribution is -0.0583. The van der Waals surface area contributed by atoms with Crippen LogP contribution in [0.25, 0.3) is 11.2 Å². The van der Waals surface area contributed by atoms with Crippen LogP contribution in [0.4, 0.5) is 5.82 Å². The van der Waals surface area contributed by atoms with Gasteiger partial charge >= 0.3 is 0 Å². The molecule has 0 aliphatic carbocycles. The molecule has 28 heavy (non-hydrogen) atoms. The number of carbonyl (C=O) groups excluding carboxylic acids is 1. The van der Waals surface area contributed by atoms with Crippen LogP contribution in [0.3, 0.4) is 0 Å². The molecule has 9 nitrogen and oxygen atoms in total. The third-order valence-electron chi connectivity index (χ3n) is 5.05. The van der Waals surface area contributed by atoms with Gasteiger partial charge in [-0.2, -0.15) is 0 Å². The summed E-state index contributed by atoms with van der Waals surface area (Å²) in [5, 5.41) is 12.3. The number of carbonyl (C=O) groups is 1. The molecule has 0 radical (unpaired) electrons. The second-order valence-electron chi connectivity index (χ2n) is 6.67. The molecule has 3 aromatic rings. The highest BCUT2D eigenvalue weighted by atomic mass is 16.6. The molecule has 1 aliphatic heterocycles. The zero-order valence-electron chi connectivity index (χ0n) is 15.5. The molecular formula is C19H21N5O4. The molecule has 1 fully saturated rings. The number of ether oxygens (including phenoxy) is 2. The van der Waals surface area contributed by atoms with E-state index in [0.29, 0.717) is 22.5 Å². The Balaban J connectivity index is 1.66. The summed E-state index contributed by atoms with van der Waals surface area (Å²) in [5.41, 5.74) is 1.48. The number of methoxy groups -OCH3 is 1. The maximum atomic E-state index is 12.5. The van der Waals surface area contributed by atoms with Crippen molar-refractivity contribution in [2.75, 3.05) is 19.0 Å². The van der Waals surface area contributed by atoms with Crippen LogP contribution in [0, 0.1) is 5.92 Å². The van der Waals surface area contributed by atoms with E-state index in [1.54, 1.807) is 42.3 Å². The Morgan fingerprint density at radius 3 is 2.79 bits per heavy atom. The molecule has 0 spiro atoms. The largest absolute Gasteiger partial charge is 0.394 e. The number of hydrogen-bond donors (Lipinski definition) is 2. The lowest BCUT2D eigenvalue weighted by Gasteiger charge is -2.20. The summed E-state index contributed by atoms with van der Waals surface area (Å²) in [4.78, 5) is 25.3. The van der Waals surface area contributed by atoms with Crippen LogP contribution in [0.1, 0.15) is 23.5 Å². The molecule has 1 aromatic carbocycles. The summed E-state index contributed by atoms with van der Waals surface area (Å²) in [6.07, 6.45) is 1.85. The second-order valence-corrected chi connectivity index (χ2v) is 6.67. The molecule has 2 N–H and O–H groups in total. The SMILES string of the molecule is CO[C@@H]1[C@H](C)[C@@H](CO)O[C@H]1n1cnc2c(NC(=O)c3ccccc3)ncnc21. The first kappa shape index (κ1) is 18.5. The molecule has 146 valence electrons. The first-order chi connectivity index (χ1) is 13.6. The third kappa shape index (κ3) is 3.13. The van der Waals surface area contributed by atoms with E-state index in [9.17, 15) is 9.90 Å². The molecule has 1 aliphatic rings. The Bertz CT molecular complexity index is 977. The fraction of sp³-hybridized carbons (Fsp3) is 0.368. The van der Waals surface area contributed by atoms with Gasteiger partial charge in [0.15, 0.2) is 23.2 Å². The van der Waals surface area contributed by atoms with E-state index in [1.807, 2.05) is 13.0 Å². The fourth-order valence-electron chi connectivity index (χ4n) is 3.51. The first-order valence-electron chi connectivity index (χ1n) is 8.97. The van der Waals surface area contributed by atoms with Gasteiger partial charge in [0.1, 0.15) is 12.4 Å². The Kier molecular flexibility index (Phi) is 5.03. The monoisotopic (exact) mass is 383 g/mol. The molecule has 0 bridgehead atoms. The highest BCUT2D eigenvalue weighted by Crippen LogP contribution is 2.37. The van der Waals surface area contributed by atoms with Crippen molar-refractivity contribution in [3.05, 3.63) is 48.5 Å². The summed E-state index contributed by atoms with van der Waals surface area (Å²) >= 11 is 0. The zero-order chi connectivity index (χ0) is 19.7. The van der Waals surface area contributed by atoms with E-state index in [-0.39, 0.29) is 30.6 Å². The number of anilines is 1. The molecule has 4 atom stereocenters. The minimum absolute atomic E-state index is 0.00320. The summed E-state index contributed by atoms with van der Waals surface area (Å²) in [7, 11) is 1.61. The molecule has 0 unspecified atom stereocenters. The van der Waals surface area contributed by atoms with Crippen LogP contribution in [-0.4, -0.2) is 56.5 Å². The van der Waals surface area contributed by atoms with E-state index in [4.69, 9.17) is 9.47 Å². The van der Waals surface area contributed by atoms with Gasteiger partial charge in [-0.25, -0.2) is 15.0 Å².